The van der Waals surface area contributed by atoms with Gasteiger partial charge in [-0.1, -0.05) is 0 Å². The molecule has 9 heteroatoms. The van der Waals surface area contributed by atoms with Gasteiger partial charge < -0.3 is 9.47 Å². The van der Waals surface area contributed by atoms with E-state index in [1.807, 2.05) is 0 Å². The normalized spacial score (nSPS) is 10.2. The Balaban J connectivity index is 2.42. The first-order valence-electron chi connectivity index (χ1n) is 4.89. The van der Waals surface area contributed by atoms with E-state index >= 15 is 0 Å². The molecule has 0 aromatic carbocycles. The summed E-state index contributed by atoms with van der Waals surface area (Å²) in [5.41, 5.74) is 0. The van der Waals surface area contributed by atoms with E-state index in [0.29, 0.717) is 4.68 Å². The van der Waals surface area contributed by atoms with Gasteiger partial charge in [0.1, 0.15) is 12.7 Å². The van der Waals surface area contributed by atoms with Gasteiger partial charge >= 0.3 is 17.8 Å². The average molecular weight is 267 g/mol. The van der Waals surface area contributed by atoms with Gasteiger partial charge in [-0.05, 0) is 0 Å². The summed E-state index contributed by atoms with van der Waals surface area (Å²) in [6, 6.07) is 0. The van der Waals surface area contributed by atoms with E-state index in [4.69, 9.17) is 0 Å². The SMILES string of the molecule is COC(=O)/C=C/C(=O)OCC(=O)C(=O)n1cncn1. The predicted molar refractivity (Wildman–Crippen MR) is 57.8 cm³/mol. The number of aromatic nitrogens is 3. The molecule has 0 amide bonds. The molecule has 1 aromatic heterocycles. The third-order valence-electron chi connectivity index (χ3n) is 1.77. The Morgan fingerprint density at radius 1 is 1.21 bits per heavy atom. The second-order valence-electron chi connectivity index (χ2n) is 3.03. The van der Waals surface area contributed by atoms with Crippen molar-refractivity contribution in [3.8, 4) is 0 Å². The topological polar surface area (TPSA) is 117 Å². The minimum absolute atomic E-state index is 0.709. The van der Waals surface area contributed by atoms with Crippen molar-refractivity contribution in [3.63, 3.8) is 0 Å². The van der Waals surface area contributed by atoms with Crippen molar-refractivity contribution in [1.82, 2.24) is 14.8 Å². The Bertz CT molecular complexity index is 519. The molecular formula is C10H9N3O6. The summed E-state index contributed by atoms with van der Waals surface area (Å²) in [7, 11) is 1.14. The smallest absolute Gasteiger partial charge is 0.331 e. The predicted octanol–water partition coefficient (Wildman–Crippen LogP) is -1.24. The van der Waals surface area contributed by atoms with E-state index in [1.165, 1.54) is 0 Å². The van der Waals surface area contributed by atoms with Crippen LogP contribution in [0.3, 0.4) is 0 Å². The van der Waals surface area contributed by atoms with Crippen molar-refractivity contribution in [2.45, 2.75) is 0 Å². The molecule has 0 aliphatic rings. The fourth-order valence-corrected chi connectivity index (χ4v) is 0.892. The molecule has 0 radical (unpaired) electrons. The zero-order valence-corrected chi connectivity index (χ0v) is 9.81. The van der Waals surface area contributed by atoms with Gasteiger partial charge in [0.25, 0.3) is 5.78 Å². The van der Waals surface area contributed by atoms with Crippen LogP contribution < -0.4 is 0 Å². The van der Waals surface area contributed by atoms with Crippen molar-refractivity contribution in [2.24, 2.45) is 0 Å². The number of hydrogen-bond acceptors (Lipinski definition) is 8. The van der Waals surface area contributed by atoms with Gasteiger partial charge in [-0.3, -0.25) is 9.59 Å². The van der Waals surface area contributed by atoms with Crippen LogP contribution >= 0.6 is 0 Å². The number of Topliss-reactive ketones (excluding diaryl/α,β-unsaturated/α-hetero) is 1. The maximum atomic E-state index is 11.4. The molecule has 0 saturated heterocycles. The van der Waals surface area contributed by atoms with Crippen LogP contribution in [-0.4, -0.2) is 52.1 Å². The molecule has 19 heavy (non-hydrogen) atoms. The Labute approximate surface area is 106 Å². The minimum Gasteiger partial charge on any atom is -0.466 e. The molecule has 0 unspecified atom stereocenters. The molecule has 100 valence electrons. The third kappa shape index (κ3) is 4.50. The third-order valence-corrected chi connectivity index (χ3v) is 1.77. The van der Waals surface area contributed by atoms with Crippen LogP contribution in [0, 0.1) is 0 Å². The highest BCUT2D eigenvalue weighted by atomic mass is 16.5. The number of carbonyl (C=O) groups is 4. The van der Waals surface area contributed by atoms with Gasteiger partial charge in [0.15, 0.2) is 6.61 Å². The highest BCUT2D eigenvalue weighted by molar-refractivity contribution is 6.37. The number of carbonyl (C=O) groups excluding carboxylic acids is 4. The molecule has 1 aromatic rings. The van der Waals surface area contributed by atoms with Crippen LogP contribution in [0.25, 0.3) is 0 Å². The Kier molecular flexibility index (Phi) is 5.08. The second kappa shape index (κ2) is 6.79. The highest BCUT2D eigenvalue weighted by Crippen LogP contribution is 1.89. The summed E-state index contributed by atoms with van der Waals surface area (Å²) in [6.45, 7) is -0.761. The van der Waals surface area contributed by atoms with Crippen LogP contribution in [0.1, 0.15) is 4.79 Å². The van der Waals surface area contributed by atoms with Crippen LogP contribution in [0.2, 0.25) is 0 Å². The number of ketones is 1. The Morgan fingerprint density at radius 2 is 1.89 bits per heavy atom. The summed E-state index contributed by atoms with van der Waals surface area (Å²) in [5.74, 6) is -3.67. The second-order valence-corrected chi connectivity index (χ2v) is 3.03. The summed E-state index contributed by atoms with van der Waals surface area (Å²) >= 11 is 0. The van der Waals surface area contributed by atoms with Crippen molar-refractivity contribution in [3.05, 3.63) is 24.8 Å². The fourth-order valence-electron chi connectivity index (χ4n) is 0.892. The molecule has 1 rings (SSSR count). The monoisotopic (exact) mass is 267 g/mol. The lowest BCUT2D eigenvalue weighted by Gasteiger charge is -2.00. The number of hydrogen-bond donors (Lipinski definition) is 0. The van der Waals surface area contributed by atoms with Gasteiger partial charge in [0.05, 0.1) is 7.11 Å². The van der Waals surface area contributed by atoms with Crippen LogP contribution in [0.4, 0.5) is 0 Å². The molecule has 1 heterocycles. The largest absolute Gasteiger partial charge is 0.466 e. The van der Waals surface area contributed by atoms with Crippen molar-refractivity contribution in [1.29, 1.82) is 0 Å². The van der Waals surface area contributed by atoms with Crippen molar-refractivity contribution >= 4 is 23.6 Å². The number of nitrogens with zero attached hydrogens (tertiary/aromatic N) is 3. The molecule has 0 aliphatic heterocycles. The summed E-state index contributed by atoms with van der Waals surface area (Å²) in [6.07, 6.45) is 3.72. The molecule has 0 bridgehead atoms. The van der Waals surface area contributed by atoms with Crippen LogP contribution in [0.15, 0.2) is 24.8 Å². The minimum atomic E-state index is -0.984. The maximum absolute atomic E-state index is 11.4. The number of esters is 2. The lowest BCUT2D eigenvalue weighted by Crippen LogP contribution is -2.27. The van der Waals surface area contributed by atoms with E-state index in [2.05, 4.69) is 19.6 Å². The standard InChI is InChI=1S/C10H9N3O6/c1-18-8(15)2-3-9(16)19-4-7(14)10(17)13-6-11-5-12-13/h2-3,5-6H,4H2,1H3/b3-2+. The van der Waals surface area contributed by atoms with Crippen LogP contribution in [-0.2, 0) is 23.9 Å². The maximum Gasteiger partial charge on any atom is 0.331 e. The zero-order chi connectivity index (χ0) is 14.3. The first-order chi connectivity index (χ1) is 9.04. The van der Waals surface area contributed by atoms with Gasteiger partial charge in [-0.25, -0.2) is 14.6 Å². The molecule has 0 aliphatic carbocycles. The zero-order valence-electron chi connectivity index (χ0n) is 9.81. The average Bonchev–Trinajstić information content (AvgIpc) is 2.95. The van der Waals surface area contributed by atoms with E-state index in [9.17, 15) is 19.2 Å². The van der Waals surface area contributed by atoms with Crippen molar-refractivity contribution < 1.29 is 28.7 Å². The van der Waals surface area contributed by atoms with E-state index < -0.39 is 30.2 Å². The van der Waals surface area contributed by atoms with Crippen molar-refractivity contribution in [2.75, 3.05) is 13.7 Å². The van der Waals surface area contributed by atoms with Gasteiger partial charge in [-0.2, -0.15) is 9.78 Å². The summed E-state index contributed by atoms with van der Waals surface area (Å²) < 4.78 is 9.40. The quantitative estimate of drug-likeness (QED) is 0.369. The number of ether oxygens (including phenoxy) is 2. The van der Waals surface area contributed by atoms with E-state index in [1.54, 1.807) is 0 Å². The molecule has 0 N–H and O–H groups in total. The van der Waals surface area contributed by atoms with Gasteiger partial charge in [0, 0.05) is 12.2 Å². The highest BCUT2D eigenvalue weighted by Gasteiger charge is 2.18. The molecule has 0 spiro atoms. The molecule has 9 nitrogen and oxygen atoms in total. The molecule has 0 atom stereocenters. The number of rotatable bonds is 5. The lowest BCUT2D eigenvalue weighted by atomic mass is 10.4. The molecular weight excluding hydrogens is 258 g/mol. The Morgan fingerprint density at radius 3 is 2.47 bits per heavy atom. The first-order valence-corrected chi connectivity index (χ1v) is 4.89. The Hall–Kier alpha value is -2.84. The summed E-state index contributed by atoms with van der Waals surface area (Å²) in [5, 5.41) is 3.45. The lowest BCUT2D eigenvalue weighted by molar-refractivity contribution is -0.142. The van der Waals surface area contributed by atoms with Gasteiger partial charge in [0.2, 0.25) is 0 Å². The summed E-state index contributed by atoms with van der Waals surface area (Å²) in [4.78, 5) is 47.9. The van der Waals surface area contributed by atoms with E-state index in [-0.39, 0.29) is 0 Å². The van der Waals surface area contributed by atoms with Crippen LogP contribution in [0.5, 0.6) is 0 Å². The molecule has 0 fully saturated rings. The molecule has 0 saturated carbocycles. The first kappa shape index (κ1) is 14.2. The van der Waals surface area contributed by atoms with E-state index in [0.717, 1.165) is 31.9 Å². The fraction of sp³-hybridized carbons (Fsp3) is 0.200. The number of methoxy groups -OCH3 is 1. The van der Waals surface area contributed by atoms with Gasteiger partial charge in [-0.15, -0.1) is 0 Å².